The minimum absolute atomic E-state index is 0.114. The minimum atomic E-state index is 0.114. The summed E-state index contributed by atoms with van der Waals surface area (Å²) in [5, 5.41) is 7.51. The molecule has 0 N–H and O–H groups in total. The Morgan fingerprint density at radius 2 is 2.28 bits per heavy atom. The molecule has 1 saturated heterocycles. The predicted octanol–water partition coefficient (Wildman–Crippen LogP) is 2.13. The van der Waals surface area contributed by atoms with Crippen molar-refractivity contribution in [1.29, 1.82) is 0 Å². The highest BCUT2D eigenvalue weighted by atomic mass is 16.2. The molecule has 4 nitrogen and oxygen atoms in total. The van der Waals surface area contributed by atoms with Crippen molar-refractivity contribution in [3.05, 3.63) is 24.0 Å². The van der Waals surface area contributed by atoms with E-state index >= 15 is 0 Å². The molecule has 96 valence electrons. The Balaban J connectivity index is 1.76. The Labute approximate surface area is 107 Å². The minimum Gasteiger partial charge on any atom is -0.338 e. The van der Waals surface area contributed by atoms with Gasteiger partial charge in [-0.15, -0.1) is 0 Å². The van der Waals surface area contributed by atoms with Gasteiger partial charge in [-0.25, -0.2) is 0 Å². The molecule has 1 saturated carbocycles. The van der Waals surface area contributed by atoms with E-state index in [9.17, 15) is 4.79 Å². The van der Waals surface area contributed by atoms with Gasteiger partial charge in [-0.3, -0.25) is 4.79 Å². The molecule has 2 heterocycles. The molecule has 1 aromatic rings. The zero-order valence-corrected chi connectivity index (χ0v) is 10.8. The lowest BCUT2D eigenvalue weighted by molar-refractivity contribution is -0.0208. The Hall–Kier alpha value is -1.45. The van der Waals surface area contributed by atoms with E-state index in [1.54, 1.807) is 18.5 Å². The largest absolute Gasteiger partial charge is 0.338 e. The SMILES string of the molecule is C[C@H]1CCN(C(=O)c2ccnnc2)CC12CCC2. The number of amides is 1. The van der Waals surface area contributed by atoms with Crippen LogP contribution in [0.4, 0.5) is 0 Å². The first-order chi connectivity index (χ1) is 8.71. The molecule has 1 spiro atoms. The van der Waals surface area contributed by atoms with Crippen LogP contribution in [0.3, 0.4) is 0 Å². The number of piperidine rings is 1. The van der Waals surface area contributed by atoms with Gasteiger partial charge in [0.15, 0.2) is 0 Å². The van der Waals surface area contributed by atoms with Crippen LogP contribution in [0.25, 0.3) is 0 Å². The monoisotopic (exact) mass is 245 g/mol. The van der Waals surface area contributed by atoms with Crippen molar-refractivity contribution in [3.63, 3.8) is 0 Å². The predicted molar refractivity (Wildman–Crippen MR) is 68.0 cm³/mol. The molecule has 4 heteroatoms. The van der Waals surface area contributed by atoms with Gasteiger partial charge < -0.3 is 4.90 Å². The van der Waals surface area contributed by atoms with Crippen molar-refractivity contribution in [2.75, 3.05) is 13.1 Å². The third-order valence-corrected chi connectivity index (χ3v) is 4.85. The number of carbonyl (C=O) groups is 1. The molecule has 2 aliphatic rings. The van der Waals surface area contributed by atoms with Crippen LogP contribution >= 0.6 is 0 Å². The highest BCUT2D eigenvalue weighted by Crippen LogP contribution is 2.50. The number of hydrogen-bond donors (Lipinski definition) is 0. The van der Waals surface area contributed by atoms with E-state index in [-0.39, 0.29) is 5.91 Å². The zero-order valence-electron chi connectivity index (χ0n) is 10.8. The number of aromatic nitrogens is 2. The van der Waals surface area contributed by atoms with Crippen molar-refractivity contribution in [3.8, 4) is 0 Å². The van der Waals surface area contributed by atoms with Gasteiger partial charge in [0.05, 0.1) is 18.0 Å². The van der Waals surface area contributed by atoms with Crippen molar-refractivity contribution in [1.82, 2.24) is 15.1 Å². The molecular weight excluding hydrogens is 226 g/mol. The molecule has 0 radical (unpaired) electrons. The summed E-state index contributed by atoms with van der Waals surface area (Å²) in [4.78, 5) is 14.4. The number of rotatable bonds is 1. The summed E-state index contributed by atoms with van der Waals surface area (Å²) < 4.78 is 0. The van der Waals surface area contributed by atoms with E-state index < -0.39 is 0 Å². The van der Waals surface area contributed by atoms with E-state index in [1.165, 1.54) is 19.3 Å². The molecule has 18 heavy (non-hydrogen) atoms. The molecule has 1 atom stereocenters. The van der Waals surface area contributed by atoms with Gasteiger partial charge in [0.1, 0.15) is 0 Å². The van der Waals surface area contributed by atoms with Gasteiger partial charge in [-0.05, 0) is 36.7 Å². The van der Waals surface area contributed by atoms with Gasteiger partial charge in [-0.1, -0.05) is 13.3 Å². The average Bonchev–Trinajstić information content (AvgIpc) is 2.38. The summed E-state index contributed by atoms with van der Waals surface area (Å²) in [5.74, 6) is 0.869. The van der Waals surface area contributed by atoms with Gasteiger partial charge in [0.25, 0.3) is 5.91 Å². The lowest BCUT2D eigenvalue weighted by Crippen LogP contribution is -2.53. The van der Waals surface area contributed by atoms with Crippen LogP contribution in [0.2, 0.25) is 0 Å². The summed E-state index contributed by atoms with van der Waals surface area (Å²) in [6, 6.07) is 1.75. The first kappa shape index (κ1) is 11.6. The van der Waals surface area contributed by atoms with Crippen LogP contribution in [0.15, 0.2) is 18.5 Å². The summed E-state index contributed by atoms with van der Waals surface area (Å²) in [6.07, 6.45) is 8.17. The number of hydrogen-bond acceptors (Lipinski definition) is 3. The van der Waals surface area contributed by atoms with Crippen molar-refractivity contribution < 1.29 is 4.79 Å². The van der Waals surface area contributed by atoms with Crippen molar-refractivity contribution in [2.24, 2.45) is 11.3 Å². The van der Waals surface area contributed by atoms with Gasteiger partial charge in [0.2, 0.25) is 0 Å². The van der Waals surface area contributed by atoms with E-state index in [1.807, 2.05) is 4.90 Å². The highest BCUT2D eigenvalue weighted by Gasteiger charge is 2.46. The molecule has 0 unspecified atom stereocenters. The Morgan fingerprint density at radius 3 is 2.89 bits per heavy atom. The Kier molecular flexibility index (Phi) is 2.80. The first-order valence-corrected chi connectivity index (χ1v) is 6.77. The normalized spacial score (nSPS) is 25.8. The van der Waals surface area contributed by atoms with Gasteiger partial charge in [0, 0.05) is 13.1 Å². The second kappa shape index (κ2) is 4.34. The van der Waals surface area contributed by atoms with E-state index in [0.717, 1.165) is 25.4 Å². The molecule has 2 fully saturated rings. The lowest BCUT2D eigenvalue weighted by atomic mass is 9.59. The third kappa shape index (κ3) is 1.80. The van der Waals surface area contributed by atoms with Crippen LogP contribution in [0.1, 0.15) is 43.0 Å². The van der Waals surface area contributed by atoms with Gasteiger partial charge >= 0.3 is 0 Å². The van der Waals surface area contributed by atoms with E-state index in [4.69, 9.17) is 0 Å². The second-order valence-corrected chi connectivity index (χ2v) is 5.76. The quantitative estimate of drug-likeness (QED) is 0.761. The van der Waals surface area contributed by atoms with Crippen LogP contribution < -0.4 is 0 Å². The Morgan fingerprint density at radius 1 is 1.44 bits per heavy atom. The fourth-order valence-corrected chi connectivity index (χ4v) is 3.33. The van der Waals surface area contributed by atoms with E-state index in [2.05, 4.69) is 17.1 Å². The summed E-state index contributed by atoms with van der Waals surface area (Å²) in [7, 11) is 0. The maximum absolute atomic E-state index is 12.4. The van der Waals surface area contributed by atoms with Crippen molar-refractivity contribution >= 4 is 5.91 Å². The maximum Gasteiger partial charge on any atom is 0.255 e. The molecule has 3 rings (SSSR count). The van der Waals surface area contributed by atoms with Gasteiger partial charge in [-0.2, -0.15) is 10.2 Å². The van der Waals surface area contributed by atoms with Crippen LogP contribution in [0, 0.1) is 11.3 Å². The summed E-state index contributed by atoms with van der Waals surface area (Å²) >= 11 is 0. The molecule has 1 aliphatic heterocycles. The molecule has 0 bridgehead atoms. The summed E-state index contributed by atoms with van der Waals surface area (Å²) in [6.45, 7) is 4.15. The number of carbonyl (C=O) groups excluding carboxylic acids is 1. The molecule has 1 amide bonds. The topological polar surface area (TPSA) is 46.1 Å². The van der Waals surface area contributed by atoms with E-state index in [0.29, 0.717) is 11.0 Å². The maximum atomic E-state index is 12.4. The highest BCUT2D eigenvalue weighted by molar-refractivity contribution is 5.93. The smallest absolute Gasteiger partial charge is 0.255 e. The number of nitrogens with zero attached hydrogens (tertiary/aromatic N) is 3. The summed E-state index contributed by atoms with van der Waals surface area (Å²) in [5.41, 5.74) is 1.07. The van der Waals surface area contributed by atoms with Crippen LogP contribution in [-0.4, -0.2) is 34.1 Å². The standard InChI is InChI=1S/C14H19N3O/c1-11-4-8-17(10-14(11)5-2-6-14)13(18)12-3-7-15-16-9-12/h3,7,9,11H,2,4-6,8,10H2,1H3/t11-/m0/s1. The van der Waals surface area contributed by atoms with Crippen LogP contribution in [-0.2, 0) is 0 Å². The first-order valence-electron chi connectivity index (χ1n) is 6.77. The third-order valence-electron chi connectivity index (χ3n) is 4.85. The fourth-order valence-electron chi connectivity index (χ4n) is 3.33. The second-order valence-electron chi connectivity index (χ2n) is 5.76. The molecular formula is C14H19N3O. The number of likely N-dealkylation sites (tertiary alicyclic amines) is 1. The molecule has 1 aromatic heterocycles. The fraction of sp³-hybridized carbons (Fsp3) is 0.643. The molecule has 0 aromatic carbocycles. The Bertz CT molecular complexity index is 442. The van der Waals surface area contributed by atoms with Crippen LogP contribution in [0.5, 0.6) is 0 Å². The zero-order chi connectivity index (χ0) is 12.6. The average molecular weight is 245 g/mol. The molecule has 1 aliphatic carbocycles. The van der Waals surface area contributed by atoms with Crippen molar-refractivity contribution in [2.45, 2.75) is 32.6 Å². The lowest BCUT2D eigenvalue weighted by Gasteiger charge is -2.53.